The molecule has 5 nitrogen and oxygen atoms in total. The highest BCUT2D eigenvalue weighted by atomic mass is 35.5. The van der Waals surface area contributed by atoms with Gasteiger partial charge in [-0.3, -0.25) is 0 Å². The maximum absolute atomic E-state index is 11.6. The van der Waals surface area contributed by atoms with E-state index >= 15 is 0 Å². The Morgan fingerprint density at radius 3 is 2.56 bits per heavy atom. The first-order valence-corrected chi connectivity index (χ1v) is 8.23. The number of halogens is 1. The van der Waals surface area contributed by atoms with Crippen LogP contribution in [0.5, 0.6) is 17.4 Å². The van der Waals surface area contributed by atoms with Gasteiger partial charge in [-0.15, -0.1) is 0 Å². The van der Waals surface area contributed by atoms with E-state index < -0.39 is 12.1 Å². The number of fused-ring (bicyclic) bond motifs is 1. The number of rotatable bonds is 6. The molecule has 0 N–H and O–H groups in total. The summed E-state index contributed by atoms with van der Waals surface area (Å²) < 4.78 is 21.7. The number of furan rings is 1. The Kier molecular flexibility index (Phi) is 5.14. The summed E-state index contributed by atoms with van der Waals surface area (Å²) in [4.78, 5) is 11.6. The normalized spacial score (nSPS) is 12.0. The number of benzene rings is 2. The zero-order valence-corrected chi connectivity index (χ0v) is 14.6. The lowest BCUT2D eigenvalue weighted by Gasteiger charge is -2.13. The SMILES string of the molecule is CCOC(=O)C(C)Oc1ccc(Oc2cc3ccc(Cl)cc3o2)cc1. The van der Waals surface area contributed by atoms with Crippen LogP contribution in [0.25, 0.3) is 11.0 Å². The van der Waals surface area contributed by atoms with Crippen molar-refractivity contribution in [1.29, 1.82) is 0 Å². The quantitative estimate of drug-likeness (QED) is 0.565. The van der Waals surface area contributed by atoms with Crippen LogP contribution in [-0.2, 0) is 9.53 Å². The predicted molar refractivity (Wildman–Crippen MR) is 94.5 cm³/mol. The number of hydrogen-bond acceptors (Lipinski definition) is 5. The zero-order valence-electron chi connectivity index (χ0n) is 13.8. The minimum atomic E-state index is -0.674. The molecule has 2 aromatic carbocycles. The molecule has 0 saturated carbocycles. The fourth-order valence-electron chi connectivity index (χ4n) is 2.25. The summed E-state index contributed by atoms with van der Waals surface area (Å²) in [7, 11) is 0. The average molecular weight is 361 g/mol. The number of ether oxygens (including phenoxy) is 3. The topological polar surface area (TPSA) is 57.9 Å². The number of carbonyl (C=O) groups excluding carboxylic acids is 1. The molecule has 1 heterocycles. The van der Waals surface area contributed by atoms with E-state index in [0.717, 1.165) is 5.39 Å². The van der Waals surface area contributed by atoms with Crippen LogP contribution in [-0.4, -0.2) is 18.7 Å². The van der Waals surface area contributed by atoms with E-state index in [4.69, 9.17) is 30.2 Å². The maximum atomic E-state index is 11.6. The zero-order chi connectivity index (χ0) is 17.8. The molecule has 0 spiro atoms. The largest absolute Gasteiger partial charge is 0.479 e. The van der Waals surface area contributed by atoms with Gasteiger partial charge in [0, 0.05) is 22.5 Å². The van der Waals surface area contributed by atoms with Crippen molar-refractivity contribution in [3.05, 3.63) is 53.6 Å². The minimum absolute atomic E-state index is 0.321. The van der Waals surface area contributed by atoms with Crippen molar-refractivity contribution in [1.82, 2.24) is 0 Å². The van der Waals surface area contributed by atoms with Crippen LogP contribution in [0.15, 0.2) is 52.9 Å². The van der Waals surface area contributed by atoms with E-state index in [1.54, 1.807) is 56.3 Å². The van der Waals surface area contributed by atoms with Crippen LogP contribution in [0.4, 0.5) is 0 Å². The molecule has 0 radical (unpaired) electrons. The minimum Gasteiger partial charge on any atom is -0.479 e. The Bertz CT molecular complexity index is 869. The molecule has 0 aliphatic carbocycles. The predicted octanol–water partition coefficient (Wildman–Crippen LogP) is 5.21. The van der Waals surface area contributed by atoms with Gasteiger partial charge in [-0.1, -0.05) is 11.6 Å². The van der Waals surface area contributed by atoms with Crippen molar-refractivity contribution < 1.29 is 23.4 Å². The highest BCUT2D eigenvalue weighted by Gasteiger charge is 2.15. The van der Waals surface area contributed by atoms with Crippen LogP contribution in [0.3, 0.4) is 0 Å². The average Bonchev–Trinajstić information content (AvgIpc) is 2.98. The van der Waals surface area contributed by atoms with E-state index in [9.17, 15) is 4.79 Å². The van der Waals surface area contributed by atoms with Crippen LogP contribution < -0.4 is 9.47 Å². The summed E-state index contributed by atoms with van der Waals surface area (Å²) in [6, 6.07) is 14.1. The van der Waals surface area contributed by atoms with Crippen molar-refractivity contribution >= 4 is 28.5 Å². The molecule has 25 heavy (non-hydrogen) atoms. The second kappa shape index (κ2) is 7.49. The van der Waals surface area contributed by atoms with Crippen LogP contribution in [0.1, 0.15) is 13.8 Å². The lowest BCUT2D eigenvalue weighted by molar-refractivity contribution is -0.150. The van der Waals surface area contributed by atoms with Gasteiger partial charge in [-0.05, 0) is 50.2 Å². The monoisotopic (exact) mass is 360 g/mol. The van der Waals surface area contributed by atoms with Gasteiger partial charge in [-0.25, -0.2) is 4.79 Å². The first-order valence-electron chi connectivity index (χ1n) is 7.85. The summed E-state index contributed by atoms with van der Waals surface area (Å²) in [5.41, 5.74) is 0.658. The molecule has 3 aromatic rings. The Hall–Kier alpha value is -2.66. The Balaban J connectivity index is 1.66. The van der Waals surface area contributed by atoms with Crippen LogP contribution >= 0.6 is 11.6 Å². The van der Waals surface area contributed by atoms with Crippen molar-refractivity contribution in [2.45, 2.75) is 20.0 Å². The van der Waals surface area contributed by atoms with Crippen LogP contribution in [0, 0.1) is 0 Å². The van der Waals surface area contributed by atoms with E-state index in [2.05, 4.69) is 0 Å². The molecular formula is C19H17ClO5. The summed E-state index contributed by atoms with van der Waals surface area (Å²) in [6.07, 6.45) is -0.674. The summed E-state index contributed by atoms with van der Waals surface area (Å²) in [5, 5.41) is 1.51. The molecule has 1 aromatic heterocycles. The smallest absolute Gasteiger partial charge is 0.347 e. The molecule has 0 aliphatic heterocycles. The van der Waals surface area contributed by atoms with Crippen molar-refractivity contribution in [3.63, 3.8) is 0 Å². The second-order valence-electron chi connectivity index (χ2n) is 5.33. The summed E-state index contributed by atoms with van der Waals surface area (Å²) in [5.74, 6) is 1.10. The van der Waals surface area contributed by atoms with Gasteiger partial charge in [0.2, 0.25) is 0 Å². The van der Waals surface area contributed by atoms with Gasteiger partial charge < -0.3 is 18.6 Å². The first-order chi connectivity index (χ1) is 12.0. The van der Waals surface area contributed by atoms with Gasteiger partial charge in [0.1, 0.15) is 17.1 Å². The highest BCUT2D eigenvalue weighted by molar-refractivity contribution is 6.31. The van der Waals surface area contributed by atoms with E-state index in [1.807, 2.05) is 6.07 Å². The molecule has 0 fully saturated rings. The third-order valence-corrected chi connectivity index (χ3v) is 3.67. The van der Waals surface area contributed by atoms with E-state index in [1.165, 1.54) is 0 Å². The molecular weight excluding hydrogens is 344 g/mol. The third kappa shape index (κ3) is 4.25. The number of hydrogen-bond donors (Lipinski definition) is 0. The fourth-order valence-corrected chi connectivity index (χ4v) is 2.41. The van der Waals surface area contributed by atoms with Crippen molar-refractivity contribution in [2.75, 3.05) is 6.61 Å². The molecule has 6 heteroatoms. The maximum Gasteiger partial charge on any atom is 0.347 e. The van der Waals surface area contributed by atoms with Gasteiger partial charge in [-0.2, -0.15) is 0 Å². The Labute approximate surface area is 150 Å². The number of esters is 1. The van der Waals surface area contributed by atoms with Gasteiger partial charge >= 0.3 is 5.97 Å². The van der Waals surface area contributed by atoms with E-state index in [0.29, 0.717) is 34.7 Å². The lowest BCUT2D eigenvalue weighted by Crippen LogP contribution is -2.25. The number of carbonyl (C=O) groups is 1. The van der Waals surface area contributed by atoms with Gasteiger partial charge in [0.05, 0.1) is 6.61 Å². The van der Waals surface area contributed by atoms with E-state index in [-0.39, 0.29) is 0 Å². The molecule has 1 unspecified atom stereocenters. The molecule has 130 valence electrons. The summed E-state index contributed by atoms with van der Waals surface area (Å²) >= 11 is 5.94. The Morgan fingerprint density at radius 2 is 1.84 bits per heavy atom. The van der Waals surface area contributed by atoms with Gasteiger partial charge in [0.15, 0.2) is 6.10 Å². The van der Waals surface area contributed by atoms with Gasteiger partial charge in [0.25, 0.3) is 5.95 Å². The standard InChI is InChI=1S/C19H17ClO5/c1-3-22-19(21)12(2)23-15-6-8-16(9-7-15)24-18-10-13-4-5-14(20)11-17(13)25-18/h4-12H,3H2,1-2H3. The third-order valence-electron chi connectivity index (χ3n) is 3.43. The molecule has 1 atom stereocenters. The van der Waals surface area contributed by atoms with Crippen molar-refractivity contribution in [3.8, 4) is 17.4 Å². The fraction of sp³-hybridized carbons (Fsp3) is 0.211. The second-order valence-corrected chi connectivity index (χ2v) is 5.77. The highest BCUT2D eigenvalue weighted by Crippen LogP contribution is 2.31. The van der Waals surface area contributed by atoms with Crippen LogP contribution in [0.2, 0.25) is 5.02 Å². The first kappa shape index (κ1) is 17.2. The molecule has 0 amide bonds. The lowest BCUT2D eigenvalue weighted by atomic mass is 10.3. The summed E-state index contributed by atoms with van der Waals surface area (Å²) in [6.45, 7) is 3.72. The molecule has 0 bridgehead atoms. The van der Waals surface area contributed by atoms with Crippen molar-refractivity contribution in [2.24, 2.45) is 0 Å². The molecule has 3 rings (SSSR count). The molecule has 0 aliphatic rings. The molecule has 0 saturated heterocycles. The Morgan fingerprint density at radius 1 is 1.12 bits per heavy atom.